The van der Waals surface area contributed by atoms with Gasteiger partial charge in [0.2, 0.25) is 0 Å². The molecule has 84 valence electrons. The van der Waals surface area contributed by atoms with Gasteiger partial charge in [0.05, 0.1) is 7.11 Å². The first kappa shape index (κ1) is 12.8. The fourth-order valence-corrected chi connectivity index (χ4v) is 2.28. The van der Waals surface area contributed by atoms with Gasteiger partial charge in [-0.05, 0) is 30.7 Å². The minimum Gasteiger partial charge on any atom is -0.496 e. The van der Waals surface area contributed by atoms with E-state index in [2.05, 4.69) is 33.4 Å². The van der Waals surface area contributed by atoms with Crippen molar-refractivity contribution in [1.29, 1.82) is 0 Å². The number of methoxy groups -OCH3 is 1. The van der Waals surface area contributed by atoms with E-state index in [0.29, 0.717) is 5.92 Å². The van der Waals surface area contributed by atoms with E-state index in [0.717, 1.165) is 23.3 Å². The number of hydrogen-bond acceptors (Lipinski definition) is 2. The highest BCUT2D eigenvalue weighted by Gasteiger charge is 2.19. The van der Waals surface area contributed by atoms with Gasteiger partial charge < -0.3 is 10.1 Å². The van der Waals surface area contributed by atoms with E-state index in [1.54, 1.807) is 7.11 Å². The van der Waals surface area contributed by atoms with Gasteiger partial charge in [0.1, 0.15) is 5.75 Å². The fourth-order valence-electron chi connectivity index (χ4n) is 1.94. The maximum atomic E-state index is 5.38. The van der Waals surface area contributed by atoms with Gasteiger partial charge >= 0.3 is 0 Å². The number of hydrogen-bond donors (Lipinski definition) is 1. The van der Waals surface area contributed by atoms with Crippen LogP contribution in [-0.4, -0.2) is 20.2 Å². The second kappa shape index (κ2) is 5.73. The SMILES string of the molecule is COc1cc(Br)ccc1C1CCNC1.Cl. The Kier molecular flexibility index (Phi) is 4.90. The Morgan fingerprint density at radius 1 is 1.47 bits per heavy atom. The average Bonchev–Trinajstić information content (AvgIpc) is 2.70. The lowest BCUT2D eigenvalue weighted by atomic mass is 9.97. The largest absolute Gasteiger partial charge is 0.496 e. The highest BCUT2D eigenvalue weighted by molar-refractivity contribution is 9.10. The highest BCUT2D eigenvalue weighted by Crippen LogP contribution is 2.32. The van der Waals surface area contributed by atoms with Crippen LogP contribution in [0, 0.1) is 0 Å². The molecule has 2 nitrogen and oxygen atoms in total. The van der Waals surface area contributed by atoms with Crippen molar-refractivity contribution in [1.82, 2.24) is 5.32 Å². The van der Waals surface area contributed by atoms with E-state index in [9.17, 15) is 0 Å². The molecule has 1 N–H and O–H groups in total. The van der Waals surface area contributed by atoms with Crippen molar-refractivity contribution in [2.45, 2.75) is 12.3 Å². The second-order valence-corrected chi connectivity index (χ2v) is 4.49. The lowest BCUT2D eigenvalue weighted by Crippen LogP contribution is -2.08. The van der Waals surface area contributed by atoms with E-state index >= 15 is 0 Å². The number of nitrogens with one attached hydrogen (secondary N) is 1. The minimum atomic E-state index is 0. The monoisotopic (exact) mass is 291 g/mol. The Hall–Kier alpha value is -0.250. The van der Waals surface area contributed by atoms with Crippen LogP contribution in [0.4, 0.5) is 0 Å². The molecule has 2 rings (SSSR count). The summed E-state index contributed by atoms with van der Waals surface area (Å²) in [6, 6.07) is 6.27. The van der Waals surface area contributed by atoms with Crippen molar-refractivity contribution in [3.63, 3.8) is 0 Å². The maximum Gasteiger partial charge on any atom is 0.123 e. The number of halogens is 2. The van der Waals surface area contributed by atoms with E-state index in [-0.39, 0.29) is 12.4 Å². The van der Waals surface area contributed by atoms with Gasteiger partial charge in [-0.1, -0.05) is 22.0 Å². The van der Waals surface area contributed by atoms with Crippen LogP contribution in [0.25, 0.3) is 0 Å². The summed E-state index contributed by atoms with van der Waals surface area (Å²) in [5, 5.41) is 3.37. The van der Waals surface area contributed by atoms with Crippen molar-refractivity contribution in [3.05, 3.63) is 28.2 Å². The fraction of sp³-hybridized carbons (Fsp3) is 0.455. The summed E-state index contributed by atoms with van der Waals surface area (Å²) in [4.78, 5) is 0. The molecule has 4 heteroatoms. The third-order valence-corrected chi connectivity index (χ3v) is 3.19. The predicted molar refractivity (Wildman–Crippen MR) is 68.2 cm³/mol. The van der Waals surface area contributed by atoms with Gasteiger partial charge in [-0.15, -0.1) is 12.4 Å². The highest BCUT2D eigenvalue weighted by atomic mass is 79.9. The van der Waals surface area contributed by atoms with Gasteiger partial charge in [-0.3, -0.25) is 0 Å². The van der Waals surface area contributed by atoms with Crippen LogP contribution >= 0.6 is 28.3 Å². The zero-order valence-corrected chi connectivity index (χ0v) is 11.0. The number of rotatable bonds is 2. The molecule has 0 bridgehead atoms. The number of benzene rings is 1. The Morgan fingerprint density at radius 2 is 2.27 bits per heavy atom. The van der Waals surface area contributed by atoms with Gasteiger partial charge in [-0.2, -0.15) is 0 Å². The molecule has 1 heterocycles. The van der Waals surface area contributed by atoms with Crippen LogP contribution in [0.5, 0.6) is 5.75 Å². The molecular formula is C11H15BrClNO. The normalized spacial score (nSPS) is 19.7. The molecule has 1 saturated heterocycles. The molecule has 0 spiro atoms. The topological polar surface area (TPSA) is 21.3 Å². The van der Waals surface area contributed by atoms with Crippen molar-refractivity contribution in [2.24, 2.45) is 0 Å². The molecule has 1 aliphatic heterocycles. The molecule has 0 radical (unpaired) electrons. The van der Waals surface area contributed by atoms with E-state index < -0.39 is 0 Å². The Labute approximate surface area is 105 Å². The zero-order valence-electron chi connectivity index (χ0n) is 8.63. The van der Waals surface area contributed by atoms with Crippen molar-refractivity contribution < 1.29 is 4.74 Å². The molecular weight excluding hydrogens is 277 g/mol. The lowest BCUT2D eigenvalue weighted by molar-refractivity contribution is 0.406. The summed E-state index contributed by atoms with van der Waals surface area (Å²) in [5.74, 6) is 1.60. The first-order valence-corrected chi connectivity index (χ1v) is 5.64. The number of ether oxygens (including phenoxy) is 1. The quantitative estimate of drug-likeness (QED) is 0.905. The van der Waals surface area contributed by atoms with E-state index in [4.69, 9.17) is 4.74 Å². The summed E-state index contributed by atoms with van der Waals surface area (Å²) in [5.41, 5.74) is 1.32. The molecule has 1 aliphatic rings. The van der Waals surface area contributed by atoms with Gasteiger partial charge in [0.15, 0.2) is 0 Å². The van der Waals surface area contributed by atoms with Crippen LogP contribution in [0.2, 0.25) is 0 Å². The van der Waals surface area contributed by atoms with Gasteiger partial charge in [-0.25, -0.2) is 0 Å². The maximum absolute atomic E-state index is 5.38. The van der Waals surface area contributed by atoms with E-state index in [1.165, 1.54) is 12.0 Å². The standard InChI is InChI=1S/C11H14BrNO.ClH/c1-14-11-6-9(12)2-3-10(11)8-4-5-13-7-8;/h2-3,6,8,13H,4-5,7H2,1H3;1H. The first-order valence-electron chi connectivity index (χ1n) is 4.85. The molecule has 1 atom stereocenters. The molecule has 1 aromatic rings. The van der Waals surface area contributed by atoms with Crippen LogP contribution in [-0.2, 0) is 0 Å². The minimum absolute atomic E-state index is 0. The molecule has 1 unspecified atom stereocenters. The molecule has 1 aromatic carbocycles. The molecule has 0 aliphatic carbocycles. The molecule has 0 saturated carbocycles. The Morgan fingerprint density at radius 3 is 2.87 bits per heavy atom. The van der Waals surface area contributed by atoms with Crippen LogP contribution in [0.3, 0.4) is 0 Å². The average molecular weight is 293 g/mol. The van der Waals surface area contributed by atoms with Crippen LogP contribution in [0.1, 0.15) is 17.9 Å². The van der Waals surface area contributed by atoms with Crippen molar-refractivity contribution in [2.75, 3.05) is 20.2 Å². The molecule has 1 fully saturated rings. The van der Waals surface area contributed by atoms with Crippen molar-refractivity contribution >= 4 is 28.3 Å². The summed E-state index contributed by atoms with van der Waals surface area (Å²) >= 11 is 3.45. The lowest BCUT2D eigenvalue weighted by Gasteiger charge is -2.13. The Balaban J connectivity index is 0.00000112. The molecule has 0 aromatic heterocycles. The smallest absolute Gasteiger partial charge is 0.123 e. The Bertz CT molecular complexity index is 326. The second-order valence-electron chi connectivity index (χ2n) is 3.58. The van der Waals surface area contributed by atoms with Gasteiger partial charge in [0, 0.05) is 16.9 Å². The summed E-state index contributed by atoms with van der Waals surface area (Å²) in [7, 11) is 1.73. The first-order chi connectivity index (χ1) is 6.81. The van der Waals surface area contributed by atoms with Crippen molar-refractivity contribution in [3.8, 4) is 5.75 Å². The summed E-state index contributed by atoms with van der Waals surface area (Å²) < 4.78 is 6.45. The molecule has 0 amide bonds. The van der Waals surface area contributed by atoms with Gasteiger partial charge in [0.25, 0.3) is 0 Å². The third-order valence-electron chi connectivity index (χ3n) is 2.70. The van der Waals surface area contributed by atoms with Crippen LogP contribution in [0.15, 0.2) is 22.7 Å². The summed E-state index contributed by atoms with van der Waals surface area (Å²) in [6.45, 7) is 2.18. The zero-order chi connectivity index (χ0) is 9.97. The molecule has 15 heavy (non-hydrogen) atoms. The van der Waals surface area contributed by atoms with E-state index in [1.807, 2.05) is 6.07 Å². The third kappa shape index (κ3) is 2.86. The predicted octanol–water partition coefficient (Wildman–Crippen LogP) is 2.96. The summed E-state index contributed by atoms with van der Waals surface area (Å²) in [6.07, 6.45) is 1.21. The van der Waals surface area contributed by atoms with Crippen LogP contribution < -0.4 is 10.1 Å².